The Morgan fingerprint density at radius 1 is 1.24 bits per heavy atom. The van der Waals surface area contributed by atoms with Gasteiger partial charge in [0.1, 0.15) is 0 Å². The van der Waals surface area contributed by atoms with Crippen LogP contribution in [-0.2, 0) is 6.54 Å². The first-order valence-corrected chi connectivity index (χ1v) is 7.19. The number of hydrogen-bond donors (Lipinski definition) is 2. The van der Waals surface area contributed by atoms with E-state index in [1.54, 1.807) is 7.05 Å². The van der Waals surface area contributed by atoms with Crippen LogP contribution in [0.5, 0.6) is 0 Å². The minimum Gasteiger partial charge on any atom is -0.356 e. The number of aliphatic imine (C=N–C) groups is 1. The molecule has 1 aromatic heterocycles. The summed E-state index contributed by atoms with van der Waals surface area (Å²) in [5, 5.41) is 6.58. The molecule has 0 radical (unpaired) electrons. The highest BCUT2D eigenvalue weighted by molar-refractivity contribution is 14.0. The molecular formula is C15H24IN5. The van der Waals surface area contributed by atoms with Gasteiger partial charge in [0.15, 0.2) is 5.96 Å². The number of nitrogens with zero attached hydrogens (tertiary/aromatic N) is 3. The lowest BCUT2D eigenvalue weighted by molar-refractivity contribution is 0.636. The Morgan fingerprint density at radius 3 is 2.76 bits per heavy atom. The van der Waals surface area contributed by atoms with Gasteiger partial charge >= 0.3 is 0 Å². The van der Waals surface area contributed by atoms with Crippen LogP contribution in [0.3, 0.4) is 0 Å². The van der Waals surface area contributed by atoms with E-state index in [0.29, 0.717) is 0 Å². The number of nitrogens with one attached hydrogen (secondary N) is 2. The van der Waals surface area contributed by atoms with Crippen molar-refractivity contribution < 1.29 is 0 Å². The van der Waals surface area contributed by atoms with E-state index in [0.717, 1.165) is 44.0 Å². The van der Waals surface area contributed by atoms with Gasteiger partial charge in [0.25, 0.3) is 0 Å². The molecule has 6 heteroatoms. The summed E-state index contributed by atoms with van der Waals surface area (Å²) in [7, 11) is 1.80. The molecule has 1 heterocycles. The zero-order valence-corrected chi connectivity index (χ0v) is 15.0. The molecule has 5 nitrogen and oxygen atoms in total. The summed E-state index contributed by atoms with van der Waals surface area (Å²) in [4.78, 5) is 8.58. The molecule has 0 unspecified atom stereocenters. The summed E-state index contributed by atoms with van der Waals surface area (Å²) in [6, 6.07) is 8.22. The third-order valence-corrected chi connectivity index (χ3v) is 3.16. The van der Waals surface area contributed by atoms with Crippen molar-refractivity contribution in [3.63, 3.8) is 0 Å². The van der Waals surface area contributed by atoms with Crippen LogP contribution in [0.4, 0.5) is 0 Å². The van der Waals surface area contributed by atoms with Crippen LogP contribution in [0.1, 0.15) is 19.8 Å². The Balaban J connectivity index is 0.00000220. The molecule has 116 valence electrons. The van der Waals surface area contributed by atoms with Crippen LogP contribution in [0.25, 0.3) is 11.0 Å². The van der Waals surface area contributed by atoms with Gasteiger partial charge in [-0.3, -0.25) is 4.99 Å². The predicted octanol–water partition coefficient (Wildman–Crippen LogP) is 2.62. The van der Waals surface area contributed by atoms with E-state index >= 15 is 0 Å². The Labute approximate surface area is 143 Å². The fourth-order valence-corrected chi connectivity index (χ4v) is 2.11. The van der Waals surface area contributed by atoms with Crippen molar-refractivity contribution in [1.82, 2.24) is 20.2 Å². The van der Waals surface area contributed by atoms with Gasteiger partial charge in [-0.15, -0.1) is 24.0 Å². The average molecular weight is 401 g/mol. The molecule has 0 bridgehead atoms. The smallest absolute Gasteiger partial charge is 0.190 e. The summed E-state index contributed by atoms with van der Waals surface area (Å²) in [5.41, 5.74) is 2.25. The van der Waals surface area contributed by atoms with Crippen LogP contribution in [-0.4, -0.2) is 35.6 Å². The highest BCUT2D eigenvalue weighted by Crippen LogP contribution is 2.11. The molecule has 0 saturated carbocycles. The van der Waals surface area contributed by atoms with Crippen molar-refractivity contribution in [2.75, 3.05) is 20.1 Å². The first-order valence-electron chi connectivity index (χ1n) is 7.19. The number of fused-ring (bicyclic) bond motifs is 1. The number of aryl methyl sites for hydroxylation is 1. The van der Waals surface area contributed by atoms with Crippen LogP contribution >= 0.6 is 24.0 Å². The molecule has 2 N–H and O–H groups in total. The van der Waals surface area contributed by atoms with Gasteiger partial charge in [0.2, 0.25) is 0 Å². The van der Waals surface area contributed by atoms with Gasteiger partial charge in [-0.05, 0) is 25.0 Å². The molecule has 0 atom stereocenters. The standard InChI is InChI=1S/C15H23N5.HI/c1-3-9-17-15(16-2)18-10-6-11-20-12-19-13-7-4-5-8-14(13)20;/h4-5,7-8,12H,3,6,9-11H2,1-2H3,(H2,16,17,18);1H. The quantitative estimate of drug-likeness (QED) is 0.339. The van der Waals surface area contributed by atoms with Gasteiger partial charge in [-0.2, -0.15) is 0 Å². The minimum atomic E-state index is 0. The topological polar surface area (TPSA) is 54.2 Å². The van der Waals surface area contributed by atoms with E-state index in [9.17, 15) is 0 Å². The molecule has 21 heavy (non-hydrogen) atoms. The maximum absolute atomic E-state index is 4.40. The van der Waals surface area contributed by atoms with E-state index in [1.165, 1.54) is 5.52 Å². The average Bonchev–Trinajstić information content (AvgIpc) is 2.90. The normalized spacial score (nSPS) is 11.2. The summed E-state index contributed by atoms with van der Waals surface area (Å²) in [6.07, 6.45) is 4.05. The van der Waals surface area contributed by atoms with Crippen molar-refractivity contribution in [3.8, 4) is 0 Å². The number of hydrogen-bond acceptors (Lipinski definition) is 2. The zero-order valence-electron chi connectivity index (χ0n) is 12.7. The fourth-order valence-electron chi connectivity index (χ4n) is 2.11. The van der Waals surface area contributed by atoms with Gasteiger partial charge in [0.05, 0.1) is 17.4 Å². The second kappa shape index (κ2) is 9.59. The largest absolute Gasteiger partial charge is 0.356 e. The number of rotatable bonds is 6. The number of imidazole rings is 1. The monoisotopic (exact) mass is 401 g/mol. The molecule has 2 aromatic rings. The van der Waals surface area contributed by atoms with Crippen LogP contribution in [0, 0.1) is 0 Å². The molecule has 0 spiro atoms. The lowest BCUT2D eigenvalue weighted by atomic mass is 10.3. The van der Waals surface area contributed by atoms with Crippen molar-refractivity contribution in [2.45, 2.75) is 26.3 Å². The van der Waals surface area contributed by atoms with Gasteiger partial charge in [-0.1, -0.05) is 19.1 Å². The fraction of sp³-hybridized carbons (Fsp3) is 0.467. The Morgan fingerprint density at radius 2 is 2.00 bits per heavy atom. The molecule has 1 aromatic carbocycles. The van der Waals surface area contributed by atoms with Crippen LogP contribution in [0.2, 0.25) is 0 Å². The maximum Gasteiger partial charge on any atom is 0.190 e. The van der Waals surface area contributed by atoms with Gasteiger partial charge in [-0.25, -0.2) is 4.98 Å². The lowest BCUT2D eigenvalue weighted by Gasteiger charge is -2.11. The maximum atomic E-state index is 4.40. The SMILES string of the molecule is CCCNC(=NC)NCCCn1cnc2ccccc21.I. The third-order valence-electron chi connectivity index (χ3n) is 3.16. The van der Waals surface area contributed by atoms with Crippen molar-refractivity contribution in [2.24, 2.45) is 4.99 Å². The highest BCUT2D eigenvalue weighted by Gasteiger charge is 2.01. The van der Waals surface area contributed by atoms with Crippen LogP contribution < -0.4 is 10.6 Å². The third kappa shape index (κ3) is 5.18. The molecule has 2 rings (SSSR count). The second-order valence-corrected chi connectivity index (χ2v) is 4.71. The molecular weight excluding hydrogens is 377 g/mol. The van der Waals surface area contributed by atoms with Crippen molar-refractivity contribution in [3.05, 3.63) is 30.6 Å². The number of para-hydroxylation sites is 2. The Hall–Kier alpha value is -1.31. The molecule has 0 amide bonds. The van der Waals surface area contributed by atoms with E-state index in [1.807, 2.05) is 18.5 Å². The number of halogens is 1. The molecule has 0 aliphatic carbocycles. The number of aromatic nitrogens is 2. The van der Waals surface area contributed by atoms with Gasteiger partial charge < -0.3 is 15.2 Å². The summed E-state index contributed by atoms with van der Waals surface area (Å²) in [5.74, 6) is 0.877. The summed E-state index contributed by atoms with van der Waals surface area (Å²) < 4.78 is 2.19. The zero-order chi connectivity index (χ0) is 14.2. The molecule has 0 aliphatic heterocycles. The minimum absolute atomic E-state index is 0. The van der Waals surface area contributed by atoms with Crippen molar-refractivity contribution >= 4 is 41.0 Å². The van der Waals surface area contributed by atoms with Crippen LogP contribution in [0.15, 0.2) is 35.6 Å². The lowest BCUT2D eigenvalue weighted by Crippen LogP contribution is -2.38. The molecule has 0 aliphatic rings. The molecule has 0 fully saturated rings. The Bertz CT molecular complexity index is 564. The number of guanidine groups is 1. The first-order chi connectivity index (χ1) is 9.85. The summed E-state index contributed by atoms with van der Waals surface area (Å²) in [6.45, 7) is 4.95. The predicted molar refractivity (Wildman–Crippen MR) is 99.4 cm³/mol. The second-order valence-electron chi connectivity index (χ2n) is 4.71. The number of benzene rings is 1. The van der Waals surface area contributed by atoms with E-state index in [4.69, 9.17) is 0 Å². The summed E-state index contributed by atoms with van der Waals surface area (Å²) >= 11 is 0. The van der Waals surface area contributed by atoms with Gasteiger partial charge in [0, 0.05) is 26.7 Å². The Kier molecular flexibility index (Phi) is 8.11. The van der Waals surface area contributed by atoms with E-state index in [2.05, 4.69) is 44.2 Å². The molecule has 0 saturated heterocycles. The van der Waals surface area contributed by atoms with E-state index in [-0.39, 0.29) is 24.0 Å². The highest BCUT2D eigenvalue weighted by atomic mass is 127. The first kappa shape index (κ1) is 17.7. The van der Waals surface area contributed by atoms with E-state index < -0.39 is 0 Å². The van der Waals surface area contributed by atoms with Crippen molar-refractivity contribution in [1.29, 1.82) is 0 Å².